The summed E-state index contributed by atoms with van der Waals surface area (Å²) in [5.41, 5.74) is 0. The van der Waals surface area contributed by atoms with E-state index in [1.54, 1.807) is 0 Å². The van der Waals surface area contributed by atoms with E-state index in [-0.39, 0.29) is 11.8 Å². The van der Waals surface area contributed by atoms with Crippen molar-refractivity contribution in [1.29, 1.82) is 0 Å². The van der Waals surface area contributed by atoms with Gasteiger partial charge in [-0.2, -0.15) is 0 Å². The molecule has 0 radical (unpaired) electrons. The maximum atomic E-state index is 11.1. The summed E-state index contributed by atoms with van der Waals surface area (Å²) in [5.74, 6) is 0.385. The van der Waals surface area contributed by atoms with Gasteiger partial charge in [0.05, 0.1) is 0 Å². The van der Waals surface area contributed by atoms with Crippen LogP contribution in [0.3, 0.4) is 0 Å². The summed E-state index contributed by atoms with van der Waals surface area (Å²) in [4.78, 5) is 11.1. The van der Waals surface area contributed by atoms with Crippen molar-refractivity contribution in [3.8, 4) is 0 Å². The molecule has 0 aromatic carbocycles. The van der Waals surface area contributed by atoms with E-state index in [4.69, 9.17) is 0 Å². The van der Waals surface area contributed by atoms with Crippen molar-refractivity contribution in [2.45, 2.75) is 40.0 Å². The molecule has 0 aliphatic rings. The first-order chi connectivity index (χ1) is 5.22. The summed E-state index contributed by atoms with van der Waals surface area (Å²) in [7, 11) is 0. The van der Waals surface area contributed by atoms with Gasteiger partial charge in [0.25, 0.3) is 0 Å². The molecule has 0 aromatic heterocycles. The highest BCUT2D eigenvalue weighted by Gasteiger charge is 2.09. The summed E-state index contributed by atoms with van der Waals surface area (Å²) in [5, 5.41) is 2.82. The van der Waals surface area contributed by atoms with Crippen LogP contribution in [0.5, 0.6) is 0 Å². The fourth-order valence-corrected chi connectivity index (χ4v) is 0.990. The molecule has 1 N–H and O–H groups in total. The zero-order valence-electron chi connectivity index (χ0n) is 7.81. The lowest BCUT2D eigenvalue weighted by Crippen LogP contribution is -2.28. The Hall–Kier alpha value is -0.530. The molecule has 11 heavy (non-hydrogen) atoms. The maximum absolute atomic E-state index is 11.1. The molecule has 0 heterocycles. The number of hydrogen-bond donors (Lipinski definition) is 1. The Morgan fingerprint density at radius 1 is 1.45 bits per heavy atom. The predicted octanol–water partition coefficient (Wildman–Crippen LogP) is 1.95. The van der Waals surface area contributed by atoms with Crippen molar-refractivity contribution < 1.29 is 4.79 Å². The van der Waals surface area contributed by atoms with Gasteiger partial charge in [-0.3, -0.25) is 4.79 Å². The second-order valence-electron chi connectivity index (χ2n) is 2.94. The Balaban J connectivity index is 3.46. The number of amides is 1. The lowest BCUT2D eigenvalue weighted by molar-refractivity contribution is -0.124. The number of nitrogens with one attached hydrogen (secondary N) is 1. The molecule has 0 aliphatic heterocycles. The number of unbranched alkanes of at least 4 members (excludes halogenated alkanes) is 1. The largest absolute Gasteiger partial charge is 0.356 e. The van der Waals surface area contributed by atoms with Gasteiger partial charge < -0.3 is 5.32 Å². The van der Waals surface area contributed by atoms with Gasteiger partial charge >= 0.3 is 0 Å². The molecule has 0 aliphatic carbocycles. The predicted molar refractivity (Wildman–Crippen MR) is 47.4 cm³/mol. The smallest absolute Gasteiger partial charge is 0.222 e. The van der Waals surface area contributed by atoms with Crippen LogP contribution in [0.1, 0.15) is 40.0 Å². The minimum absolute atomic E-state index is 0.190. The molecule has 1 atom stereocenters. The first-order valence-electron chi connectivity index (χ1n) is 4.50. The molecule has 1 amide bonds. The summed E-state index contributed by atoms with van der Waals surface area (Å²) < 4.78 is 0. The van der Waals surface area contributed by atoms with Crippen molar-refractivity contribution in [2.75, 3.05) is 6.54 Å². The van der Waals surface area contributed by atoms with E-state index in [1.165, 1.54) is 6.42 Å². The Bertz CT molecular complexity index is 112. The van der Waals surface area contributed by atoms with Crippen LogP contribution in [0.15, 0.2) is 0 Å². The molecule has 0 saturated carbocycles. The van der Waals surface area contributed by atoms with Crippen molar-refractivity contribution >= 4 is 5.91 Å². The summed E-state index contributed by atoms with van der Waals surface area (Å²) in [6.07, 6.45) is 3.34. The third kappa shape index (κ3) is 4.82. The number of carbonyl (C=O) groups excluding carboxylic acids is 1. The molecular weight excluding hydrogens is 138 g/mol. The van der Waals surface area contributed by atoms with Crippen molar-refractivity contribution in [3.05, 3.63) is 0 Å². The van der Waals surface area contributed by atoms with Gasteiger partial charge in [-0.1, -0.05) is 26.7 Å². The monoisotopic (exact) mass is 157 g/mol. The molecule has 0 saturated heterocycles. The van der Waals surface area contributed by atoms with Gasteiger partial charge in [0.1, 0.15) is 0 Å². The van der Waals surface area contributed by atoms with Gasteiger partial charge in [0, 0.05) is 12.5 Å². The molecule has 1 unspecified atom stereocenters. The average molecular weight is 157 g/mol. The average Bonchev–Trinajstić information content (AvgIpc) is 2.00. The molecular formula is C9H19NO. The summed E-state index contributed by atoms with van der Waals surface area (Å²) in [6, 6.07) is 0. The molecule has 0 spiro atoms. The van der Waals surface area contributed by atoms with Gasteiger partial charge in [-0.15, -0.1) is 0 Å². The number of rotatable bonds is 5. The Labute approximate surface area is 69.4 Å². The zero-order valence-corrected chi connectivity index (χ0v) is 7.81. The molecule has 0 aromatic rings. The van der Waals surface area contributed by atoms with E-state index in [9.17, 15) is 4.79 Å². The van der Waals surface area contributed by atoms with Crippen LogP contribution in [0.25, 0.3) is 0 Å². The van der Waals surface area contributed by atoms with E-state index in [0.29, 0.717) is 0 Å². The normalized spacial score (nSPS) is 12.6. The number of hydrogen-bond acceptors (Lipinski definition) is 1. The lowest BCUT2D eigenvalue weighted by Gasteiger charge is -2.09. The maximum Gasteiger partial charge on any atom is 0.222 e. The van der Waals surface area contributed by atoms with Gasteiger partial charge in [0.2, 0.25) is 5.91 Å². The zero-order chi connectivity index (χ0) is 8.69. The van der Waals surface area contributed by atoms with E-state index >= 15 is 0 Å². The van der Waals surface area contributed by atoms with Gasteiger partial charge in [-0.05, 0) is 13.3 Å². The van der Waals surface area contributed by atoms with Crippen LogP contribution in [0.4, 0.5) is 0 Å². The fourth-order valence-electron chi connectivity index (χ4n) is 0.990. The number of carbonyl (C=O) groups is 1. The van der Waals surface area contributed by atoms with Crippen LogP contribution in [0.2, 0.25) is 0 Å². The quantitative estimate of drug-likeness (QED) is 0.649. The Morgan fingerprint density at radius 3 is 2.55 bits per heavy atom. The van der Waals surface area contributed by atoms with Crippen LogP contribution >= 0.6 is 0 Å². The van der Waals surface area contributed by atoms with Crippen LogP contribution < -0.4 is 5.32 Å². The Kier molecular flexibility index (Phi) is 5.90. The second kappa shape index (κ2) is 6.20. The van der Waals surface area contributed by atoms with Gasteiger partial charge in [-0.25, -0.2) is 0 Å². The highest BCUT2D eigenvalue weighted by atomic mass is 16.1. The van der Waals surface area contributed by atoms with Gasteiger partial charge in [0.15, 0.2) is 0 Å². The second-order valence-corrected chi connectivity index (χ2v) is 2.94. The molecule has 0 bridgehead atoms. The SMILES string of the molecule is CCCCC(C)C(=O)NCC. The van der Waals surface area contributed by atoms with Crippen molar-refractivity contribution in [1.82, 2.24) is 5.32 Å². The first-order valence-corrected chi connectivity index (χ1v) is 4.50. The van der Waals surface area contributed by atoms with E-state index in [2.05, 4.69) is 12.2 Å². The van der Waals surface area contributed by atoms with Crippen LogP contribution in [-0.2, 0) is 4.79 Å². The lowest BCUT2D eigenvalue weighted by atomic mass is 10.0. The minimum atomic E-state index is 0.190. The van der Waals surface area contributed by atoms with Crippen LogP contribution in [0, 0.1) is 5.92 Å². The fraction of sp³-hybridized carbons (Fsp3) is 0.889. The minimum Gasteiger partial charge on any atom is -0.356 e. The highest BCUT2D eigenvalue weighted by molar-refractivity contribution is 5.78. The Morgan fingerprint density at radius 2 is 2.09 bits per heavy atom. The summed E-state index contributed by atoms with van der Waals surface area (Å²) >= 11 is 0. The van der Waals surface area contributed by atoms with E-state index < -0.39 is 0 Å². The highest BCUT2D eigenvalue weighted by Crippen LogP contribution is 2.06. The molecule has 2 heteroatoms. The van der Waals surface area contributed by atoms with Crippen molar-refractivity contribution in [2.24, 2.45) is 5.92 Å². The molecule has 2 nitrogen and oxygen atoms in total. The third-order valence-electron chi connectivity index (χ3n) is 1.79. The third-order valence-corrected chi connectivity index (χ3v) is 1.79. The standard InChI is InChI=1S/C9H19NO/c1-4-6-7-8(3)9(11)10-5-2/h8H,4-7H2,1-3H3,(H,10,11). The molecule has 66 valence electrons. The van der Waals surface area contributed by atoms with Crippen molar-refractivity contribution in [3.63, 3.8) is 0 Å². The first kappa shape index (κ1) is 10.5. The van der Waals surface area contributed by atoms with Crippen LogP contribution in [-0.4, -0.2) is 12.5 Å². The topological polar surface area (TPSA) is 29.1 Å². The molecule has 0 fully saturated rings. The summed E-state index contributed by atoms with van der Waals surface area (Å²) in [6.45, 7) is 6.82. The van der Waals surface area contributed by atoms with E-state index in [0.717, 1.165) is 19.4 Å². The van der Waals surface area contributed by atoms with E-state index in [1.807, 2.05) is 13.8 Å². The molecule has 0 rings (SSSR count).